The van der Waals surface area contributed by atoms with Gasteiger partial charge in [-0.1, -0.05) is 24.3 Å². The van der Waals surface area contributed by atoms with E-state index in [1.807, 2.05) is 5.38 Å². The Morgan fingerprint density at radius 2 is 2.14 bits per heavy atom. The first-order chi connectivity index (χ1) is 10.8. The number of anilines is 1. The number of rotatable bonds is 4. The van der Waals surface area contributed by atoms with Crippen molar-refractivity contribution in [3.63, 3.8) is 0 Å². The molecule has 0 atom stereocenters. The maximum Gasteiger partial charge on any atom is 0.226 e. The zero-order valence-corrected chi connectivity index (χ0v) is 13.0. The number of benzene rings is 1. The summed E-state index contributed by atoms with van der Waals surface area (Å²) in [4.78, 5) is 14.3. The first-order valence-electron chi connectivity index (χ1n) is 7.33. The van der Waals surface area contributed by atoms with Gasteiger partial charge in [-0.15, -0.1) is 11.3 Å². The van der Waals surface area contributed by atoms with Gasteiger partial charge in [-0.05, 0) is 29.0 Å². The lowest BCUT2D eigenvalue weighted by atomic mass is 10.00. The summed E-state index contributed by atoms with van der Waals surface area (Å²) in [6, 6.07) is 12.3. The number of hydrogen-bond acceptors (Lipinski definition) is 4. The third kappa shape index (κ3) is 3.35. The van der Waals surface area contributed by atoms with Crippen LogP contribution in [0.3, 0.4) is 0 Å². The number of amides is 1. The van der Waals surface area contributed by atoms with Gasteiger partial charge in [0.25, 0.3) is 0 Å². The molecule has 1 N–H and O–H groups in total. The SMILES string of the molecule is N#Cc1ccsc1NC(=O)CCN1CCc2ccccc2C1. The number of nitrogens with one attached hydrogen (secondary N) is 1. The number of carbonyl (C=O) groups is 1. The van der Waals surface area contributed by atoms with Crippen molar-refractivity contribution in [3.8, 4) is 6.07 Å². The lowest BCUT2D eigenvalue weighted by Gasteiger charge is -2.28. The van der Waals surface area contributed by atoms with Gasteiger partial charge < -0.3 is 5.32 Å². The van der Waals surface area contributed by atoms with Gasteiger partial charge in [-0.3, -0.25) is 9.69 Å². The second kappa shape index (κ2) is 6.73. The lowest BCUT2D eigenvalue weighted by molar-refractivity contribution is -0.116. The molecule has 0 fully saturated rings. The first kappa shape index (κ1) is 14.8. The van der Waals surface area contributed by atoms with Gasteiger partial charge in [0, 0.05) is 26.1 Å². The van der Waals surface area contributed by atoms with E-state index in [4.69, 9.17) is 5.26 Å². The number of carbonyl (C=O) groups excluding carboxylic acids is 1. The summed E-state index contributed by atoms with van der Waals surface area (Å²) >= 11 is 1.39. The molecule has 1 aliphatic heterocycles. The molecule has 0 saturated carbocycles. The predicted octanol–water partition coefficient (Wildman–Crippen LogP) is 3.01. The highest BCUT2D eigenvalue weighted by Gasteiger charge is 2.16. The van der Waals surface area contributed by atoms with E-state index in [0.29, 0.717) is 17.0 Å². The average molecular weight is 311 g/mol. The molecule has 22 heavy (non-hydrogen) atoms. The summed E-state index contributed by atoms with van der Waals surface area (Å²) in [5.41, 5.74) is 3.31. The molecule has 112 valence electrons. The van der Waals surface area contributed by atoms with Crippen LogP contribution in [0.15, 0.2) is 35.7 Å². The molecule has 0 unspecified atom stereocenters. The molecule has 5 heteroatoms. The van der Waals surface area contributed by atoms with Crippen molar-refractivity contribution in [2.75, 3.05) is 18.4 Å². The molecule has 1 aliphatic rings. The summed E-state index contributed by atoms with van der Waals surface area (Å²) in [6.45, 7) is 2.64. The third-order valence-corrected chi connectivity index (χ3v) is 4.73. The second-order valence-electron chi connectivity index (χ2n) is 5.37. The fourth-order valence-electron chi connectivity index (χ4n) is 2.69. The summed E-state index contributed by atoms with van der Waals surface area (Å²) < 4.78 is 0. The summed E-state index contributed by atoms with van der Waals surface area (Å²) in [7, 11) is 0. The molecule has 1 amide bonds. The molecule has 2 heterocycles. The molecule has 0 radical (unpaired) electrons. The van der Waals surface area contributed by atoms with Crippen molar-refractivity contribution in [3.05, 3.63) is 52.4 Å². The normalized spacial score (nSPS) is 14.1. The van der Waals surface area contributed by atoms with E-state index in [1.165, 1.54) is 22.5 Å². The quantitative estimate of drug-likeness (QED) is 0.944. The summed E-state index contributed by atoms with van der Waals surface area (Å²) in [5, 5.41) is 14.2. The highest BCUT2D eigenvalue weighted by molar-refractivity contribution is 7.14. The number of thiophene rings is 1. The fraction of sp³-hybridized carbons (Fsp3) is 0.294. The van der Waals surface area contributed by atoms with Crippen molar-refractivity contribution in [1.82, 2.24) is 4.90 Å². The van der Waals surface area contributed by atoms with Crippen LogP contribution in [0.4, 0.5) is 5.00 Å². The Morgan fingerprint density at radius 1 is 1.32 bits per heavy atom. The van der Waals surface area contributed by atoms with Gasteiger partial charge in [0.2, 0.25) is 5.91 Å². The molecule has 0 saturated heterocycles. The van der Waals surface area contributed by atoms with Crippen LogP contribution < -0.4 is 5.32 Å². The Balaban J connectivity index is 1.51. The van der Waals surface area contributed by atoms with Crippen molar-refractivity contribution < 1.29 is 4.79 Å². The number of nitrogens with zero attached hydrogens (tertiary/aromatic N) is 2. The van der Waals surface area contributed by atoms with Gasteiger partial charge in [0.1, 0.15) is 11.1 Å². The van der Waals surface area contributed by atoms with Crippen LogP contribution in [-0.2, 0) is 17.8 Å². The largest absolute Gasteiger partial charge is 0.317 e. The minimum absolute atomic E-state index is 0.0298. The molecule has 1 aromatic heterocycles. The van der Waals surface area contributed by atoms with Gasteiger partial charge in [0.15, 0.2) is 0 Å². The van der Waals surface area contributed by atoms with Crippen molar-refractivity contribution in [1.29, 1.82) is 5.26 Å². The molecule has 0 spiro atoms. The third-order valence-electron chi connectivity index (χ3n) is 3.90. The minimum Gasteiger partial charge on any atom is -0.317 e. The van der Waals surface area contributed by atoms with Crippen molar-refractivity contribution in [2.45, 2.75) is 19.4 Å². The van der Waals surface area contributed by atoms with E-state index < -0.39 is 0 Å². The molecule has 0 bridgehead atoms. The van der Waals surface area contributed by atoms with E-state index in [9.17, 15) is 4.79 Å². The predicted molar refractivity (Wildman–Crippen MR) is 87.7 cm³/mol. The second-order valence-corrected chi connectivity index (χ2v) is 6.28. The smallest absolute Gasteiger partial charge is 0.226 e. The fourth-order valence-corrected chi connectivity index (χ4v) is 3.44. The first-order valence-corrected chi connectivity index (χ1v) is 8.21. The van der Waals surface area contributed by atoms with E-state index >= 15 is 0 Å². The highest BCUT2D eigenvalue weighted by Crippen LogP contribution is 2.22. The minimum atomic E-state index is -0.0298. The Kier molecular flexibility index (Phi) is 4.52. The van der Waals surface area contributed by atoms with Gasteiger partial charge in [-0.25, -0.2) is 0 Å². The van der Waals surface area contributed by atoms with Crippen molar-refractivity contribution >= 4 is 22.2 Å². The van der Waals surface area contributed by atoms with Gasteiger partial charge in [-0.2, -0.15) is 5.26 Å². The highest BCUT2D eigenvalue weighted by atomic mass is 32.1. The zero-order valence-electron chi connectivity index (χ0n) is 12.2. The zero-order chi connectivity index (χ0) is 15.4. The Labute approximate surface area is 134 Å². The van der Waals surface area contributed by atoms with E-state index in [-0.39, 0.29) is 5.91 Å². The number of fused-ring (bicyclic) bond motifs is 1. The monoisotopic (exact) mass is 311 g/mol. The summed E-state index contributed by atoms with van der Waals surface area (Å²) in [6.07, 6.45) is 1.49. The van der Waals surface area contributed by atoms with Crippen LogP contribution >= 0.6 is 11.3 Å². The molecular weight excluding hydrogens is 294 g/mol. The maximum atomic E-state index is 12.0. The molecule has 4 nitrogen and oxygen atoms in total. The van der Waals surface area contributed by atoms with Crippen LogP contribution in [0.25, 0.3) is 0 Å². The van der Waals surface area contributed by atoms with Crippen LogP contribution in [-0.4, -0.2) is 23.9 Å². The topological polar surface area (TPSA) is 56.1 Å². The molecule has 0 aliphatic carbocycles. The average Bonchev–Trinajstić information content (AvgIpc) is 3.00. The number of hydrogen-bond donors (Lipinski definition) is 1. The van der Waals surface area contributed by atoms with Crippen LogP contribution in [0.2, 0.25) is 0 Å². The molecule has 2 aromatic rings. The Bertz CT molecular complexity index is 717. The standard InChI is InChI=1S/C17H17N3OS/c18-11-14-7-10-22-17(14)19-16(21)6-9-20-8-5-13-3-1-2-4-15(13)12-20/h1-4,7,10H,5-6,8-9,12H2,(H,19,21). The maximum absolute atomic E-state index is 12.0. The van der Waals surface area contributed by atoms with E-state index in [0.717, 1.165) is 26.1 Å². The van der Waals surface area contributed by atoms with Crippen LogP contribution in [0.5, 0.6) is 0 Å². The van der Waals surface area contributed by atoms with Crippen LogP contribution in [0, 0.1) is 11.3 Å². The van der Waals surface area contributed by atoms with Gasteiger partial charge >= 0.3 is 0 Å². The molecule has 1 aromatic carbocycles. The summed E-state index contributed by atoms with van der Waals surface area (Å²) in [5.74, 6) is -0.0298. The molecular formula is C17H17N3OS. The molecule has 3 rings (SSSR count). The van der Waals surface area contributed by atoms with Gasteiger partial charge in [0.05, 0.1) is 5.56 Å². The van der Waals surface area contributed by atoms with E-state index in [2.05, 4.69) is 40.6 Å². The van der Waals surface area contributed by atoms with Crippen molar-refractivity contribution in [2.24, 2.45) is 0 Å². The Hall–Kier alpha value is -2.16. The van der Waals surface area contributed by atoms with Crippen LogP contribution in [0.1, 0.15) is 23.1 Å². The lowest BCUT2D eigenvalue weighted by Crippen LogP contribution is -2.33. The number of nitriles is 1. The Morgan fingerprint density at radius 3 is 2.95 bits per heavy atom. The van der Waals surface area contributed by atoms with E-state index in [1.54, 1.807) is 6.07 Å².